The Morgan fingerprint density at radius 2 is 2.00 bits per heavy atom. The van der Waals surface area contributed by atoms with Gasteiger partial charge < -0.3 is 9.67 Å². The first-order valence-corrected chi connectivity index (χ1v) is 6.95. The largest absolute Gasteiger partial charge is 0.477 e. The van der Waals surface area contributed by atoms with E-state index in [0.717, 1.165) is 25.7 Å². The Bertz CT molecular complexity index is 490. The number of nitrogens with zero attached hydrogens (tertiary/aromatic N) is 1. The van der Waals surface area contributed by atoms with Gasteiger partial charge in [0.25, 0.3) is 0 Å². The first kappa shape index (κ1) is 13.8. The monoisotopic (exact) mass is 263 g/mol. The van der Waals surface area contributed by atoms with Crippen LogP contribution in [0.5, 0.6) is 0 Å². The molecule has 2 rings (SSSR count). The molecule has 1 aromatic heterocycles. The lowest BCUT2D eigenvalue weighted by Gasteiger charge is -2.18. The second-order valence-corrected chi connectivity index (χ2v) is 5.65. The molecule has 1 heterocycles. The zero-order valence-corrected chi connectivity index (χ0v) is 11.6. The average molecular weight is 263 g/mol. The molecule has 1 fully saturated rings. The Labute approximate surface area is 113 Å². The van der Waals surface area contributed by atoms with Crippen molar-refractivity contribution in [2.24, 2.45) is 5.92 Å². The number of Topliss-reactive ketones (excluding diaryl/α,β-unsaturated/α-hetero) is 1. The molecule has 2 atom stereocenters. The van der Waals surface area contributed by atoms with Gasteiger partial charge >= 0.3 is 5.97 Å². The van der Waals surface area contributed by atoms with Crippen molar-refractivity contribution in [2.45, 2.75) is 52.0 Å². The predicted molar refractivity (Wildman–Crippen MR) is 72.7 cm³/mol. The lowest BCUT2D eigenvalue weighted by Crippen LogP contribution is -2.14. The number of carbonyl (C=O) groups excluding carboxylic acids is 1. The van der Waals surface area contributed by atoms with Crippen LogP contribution >= 0.6 is 0 Å². The van der Waals surface area contributed by atoms with Crippen LogP contribution in [-0.4, -0.2) is 21.4 Å². The summed E-state index contributed by atoms with van der Waals surface area (Å²) >= 11 is 0. The first-order chi connectivity index (χ1) is 8.99. The van der Waals surface area contributed by atoms with Crippen molar-refractivity contribution < 1.29 is 14.7 Å². The molecular formula is C15H21NO3. The molecule has 4 nitrogen and oxygen atoms in total. The van der Waals surface area contributed by atoms with E-state index in [1.165, 1.54) is 19.4 Å². The molecule has 0 bridgehead atoms. The van der Waals surface area contributed by atoms with Crippen molar-refractivity contribution >= 4 is 11.8 Å². The third kappa shape index (κ3) is 3.06. The molecule has 0 aliphatic heterocycles. The van der Waals surface area contributed by atoms with E-state index >= 15 is 0 Å². The Morgan fingerprint density at radius 3 is 2.63 bits per heavy atom. The second kappa shape index (κ2) is 5.59. The van der Waals surface area contributed by atoms with Crippen molar-refractivity contribution in [1.82, 2.24) is 4.57 Å². The molecule has 0 amide bonds. The van der Waals surface area contributed by atoms with Gasteiger partial charge in [-0.25, -0.2) is 4.79 Å². The number of hydrogen-bond acceptors (Lipinski definition) is 2. The lowest BCUT2D eigenvalue weighted by molar-refractivity contribution is 0.0681. The fraction of sp³-hybridized carbons (Fsp3) is 0.600. The molecule has 1 aliphatic carbocycles. The van der Waals surface area contributed by atoms with Crippen LogP contribution in [0.1, 0.15) is 72.8 Å². The van der Waals surface area contributed by atoms with Gasteiger partial charge in [0.05, 0.1) is 0 Å². The standard InChI is InChI=1S/C15H21NO3/c1-10-4-3-5-13(7-6-10)16-9-12(11(2)17)8-14(16)15(18)19/h8-10,13H,3-7H2,1-2H3,(H,18,19). The molecule has 19 heavy (non-hydrogen) atoms. The molecule has 1 N–H and O–H groups in total. The van der Waals surface area contributed by atoms with Crippen LogP contribution in [0.2, 0.25) is 0 Å². The number of carbonyl (C=O) groups is 2. The molecule has 2 unspecified atom stereocenters. The van der Waals surface area contributed by atoms with E-state index in [4.69, 9.17) is 0 Å². The average Bonchev–Trinajstić information content (AvgIpc) is 2.68. The summed E-state index contributed by atoms with van der Waals surface area (Å²) in [6.45, 7) is 3.72. The van der Waals surface area contributed by atoms with Gasteiger partial charge in [0, 0.05) is 17.8 Å². The second-order valence-electron chi connectivity index (χ2n) is 5.65. The van der Waals surface area contributed by atoms with Gasteiger partial charge in [-0.1, -0.05) is 19.8 Å². The number of aromatic nitrogens is 1. The number of carboxylic acid groups (broad SMARTS) is 1. The van der Waals surface area contributed by atoms with E-state index in [-0.39, 0.29) is 17.5 Å². The Balaban J connectivity index is 2.31. The minimum atomic E-state index is -0.954. The number of hydrogen-bond donors (Lipinski definition) is 1. The van der Waals surface area contributed by atoms with Gasteiger partial charge in [0.1, 0.15) is 5.69 Å². The van der Waals surface area contributed by atoms with Gasteiger partial charge in [-0.3, -0.25) is 4.79 Å². The minimum Gasteiger partial charge on any atom is -0.477 e. The van der Waals surface area contributed by atoms with Crippen LogP contribution in [0.3, 0.4) is 0 Å². The Hall–Kier alpha value is -1.58. The SMILES string of the molecule is CC(=O)c1cc(C(=O)O)n(C2CCCC(C)CC2)c1. The lowest BCUT2D eigenvalue weighted by atomic mass is 10.0. The summed E-state index contributed by atoms with van der Waals surface area (Å²) in [6.07, 6.45) is 7.16. The van der Waals surface area contributed by atoms with Crippen LogP contribution < -0.4 is 0 Å². The molecule has 104 valence electrons. The molecule has 0 radical (unpaired) electrons. The van der Waals surface area contributed by atoms with Gasteiger partial charge in [0.15, 0.2) is 5.78 Å². The van der Waals surface area contributed by atoms with E-state index < -0.39 is 5.97 Å². The fourth-order valence-corrected chi connectivity index (χ4v) is 2.89. The van der Waals surface area contributed by atoms with E-state index in [0.29, 0.717) is 11.5 Å². The maximum absolute atomic E-state index is 11.4. The topological polar surface area (TPSA) is 59.3 Å². The summed E-state index contributed by atoms with van der Waals surface area (Å²) in [4.78, 5) is 22.7. The van der Waals surface area contributed by atoms with E-state index in [1.54, 1.807) is 10.8 Å². The van der Waals surface area contributed by atoms with Gasteiger partial charge in [-0.15, -0.1) is 0 Å². The van der Waals surface area contributed by atoms with Crippen LogP contribution in [0, 0.1) is 5.92 Å². The Morgan fingerprint density at radius 1 is 1.26 bits per heavy atom. The van der Waals surface area contributed by atoms with Crippen LogP contribution in [-0.2, 0) is 0 Å². The minimum absolute atomic E-state index is 0.0803. The van der Waals surface area contributed by atoms with E-state index in [1.807, 2.05) is 0 Å². The molecule has 0 saturated heterocycles. The fourth-order valence-electron chi connectivity index (χ4n) is 2.89. The number of ketones is 1. The van der Waals surface area contributed by atoms with Crippen molar-refractivity contribution in [1.29, 1.82) is 0 Å². The highest BCUT2D eigenvalue weighted by molar-refractivity contribution is 5.97. The van der Waals surface area contributed by atoms with E-state index in [9.17, 15) is 14.7 Å². The third-order valence-corrected chi connectivity index (χ3v) is 4.09. The first-order valence-electron chi connectivity index (χ1n) is 6.95. The Kier molecular flexibility index (Phi) is 4.08. The van der Waals surface area contributed by atoms with Crippen molar-refractivity contribution in [3.63, 3.8) is 0 Å². The zero-order chi connectivity index (χ0) is 14.0. The molecule has 0 spiro atoms. The van der Waals surface area contributed by atoms with Crippen molar-refractivity contribution in [3.05, 3.63) is 23.5 Å². The summed E-state index contributed by atoms with van der Waals surface area (Å²) in [5.74, 6) is -0.325. The summed E-state index contributed by atoms with van der Waals surface area (Å²) in [5.41, 5.74) is 0.736. The highest BCUT2D eigenvalue weighted by Crippen LogP contribution is 2.32. The summed E-state index contributed by atoms with van der Waals surface area (Å²) in [7, 11) is 0. The van der Waals surface area contributed by atoms with Crippen molar-refractivity contribution in [3.8, 4) is 0 Å². The molecule has 1 saturated carbocycles. The molecule has 1 aromatic rings. The molecule has 4 heteroatoms. The maximum atomic E-state index is 11.4. The normalized spacial score (nSPS) is 23.9. The number of aromatic carboxylic acids is 1. The smallest absolute Gasteiger partial charge is 0.352 e. The molecular weight excluding hydrogens is 242 g/mol. The highest BCUT2D eigenvalue weighted by atomic mass is 16.4. The molecule has 1 aliphatic rings. The van der Waals surface area contributed by atoms with Gasteiger partial charge in [-0.05, 0) is 38.2 Å². The van der Waals surface area contributed by atoms with Crippen LogP contribution in [0.15, 0.2) is 12.3 Å². The van der Waals surface area contributed by atoms with Gasteiger partial charge in [0.2, 0.25) is 0 Å². The number of carboxylic acids is 1. The van der Waals surface area contributed by atoms with Crippen LogP contribution in [0.4, 0.5) is 0 Å². The summed E-state index contributed by atoms with van der Waals surface area (Å²) < 4.78 is 1.80. The number of rotatable bonds is 3. The highest BCUT2D eigenvalue weighted by Gasteiger charge is 2.23. The van der Waals surface area contributed by atoms with E-state index in [2.05, 4.69) is 6.92 Å². The van der Waals surface area contributed by atoms with Gasteiger partial charge in [-0.2, -0.15) is 0 Å². The maximum Gasteiger partial charge on any atom is 0.352 e. The zero-order valence-electron chi connectivity index (χ0n) is 11.6. The quantitative estimate of drug-likeness (QED) is 0.670. The predicted octanol–water partition coefficient (Wildman–Crippen LogP) is 3.53. The third-order valence-electron chi connectivity index (χ3n) is 4.09. The molecule has 0 aromatic carbocycles. The van der Waals surface area contributed by atoms with Crippen molar-refractivity contribution in [2.75, 3.05) is 0 Å². The summed E-state index contributed by atoms with van der Waals surface area (Å²) in [5, 5.41) is 9.28. The van der Waals surface area contributed by atoms with Crippen LogP contribution in [0.25, 0.3) is 0 Å². The summed E-state index contributed by atoms with van der Waals surface area (Å²) in [6, 6.07) is 1.71.